The monoisotopic (exact) mass is 217 g/mol. The first-order valence-electron chi connectivity index (χ1n) is 5.80. The van der Waals surface area contributed by atoms with E-state index in [0.717, 1.165) is 19.0 Å². The van der Waals surface area contributed by atoms with Crippen molar-refractivity contribution < 1.29 is 0 Å². The summed E-state index contributed by atoms with van der Waals surface area (Å²) in [5.74, 6) is 1.08. The van der Waals surface area contributed by atoms with Crippen LogP contribution in [0.3, 0.4) is 0 Å². The third kappa shape index (κ3) is 2.18. The molecule has 0 unspecified atom stereocenters. The second kappa shape index (κ2) is 4.56. The van der Waals surface area contributed by atoms with Crippen LogP contribution in [0.5, 0.6) is 0 Å². The molecule has 86 valence electrons. The second-order valence-corrected chi connectivity index (χ2v) is 4.43. The lowest BCUT2D eigenvalue weighted by Gasteiger charge is -2.21. The van der Waals surface area contributed by atoms with Gasteiger partial charge in [0.15, 0.2) is 0 Å². The van der Waals surface area contributed by atoms with Crippen LogP contribution in [0.4, 0.5) is 5.69 Å². The van der Waals surface area contributed by atoms with Crippen molar-refractivity contribution in [2.75, 3.05) is 25.0 Å². The Hall–Kier alpha value is -1.51. The van der Waals surface area contributed by atoms with E-state index in [4.69, 9.17) is 0 Å². The van der Waals surface area contributed by atoms with Crippen LogP contribution in [0.1, 0.15) is 13.8 Å². The van der Waals surface area contributed by atoms with Crippen LogP contribution < -0.4 is 4.90 Å². The highest BCUT2D eigenvalue weighted by atomic mass is 15.4. The summed E-state index contributed by atoms with van der Waals surface area (Å²) in [6, 6.07) is 10.8. The standard InChI is InChI=1S/C13H19N3/c1-11(2)14-13-15(3)9-10-16(13)12-7-5-4-6-8-12/h4-8,11H,9-10H2,1-3H3/b14-13+. The van der Waals surface area contributed by atoms with Gasteiger partial charge in [0.2, 0.25) is 5.96 Å². The Morgan fingerprint density at radius 1 is 1.12 bits per heavy atom. The van der Waals surface area contributed by atoms with E-state index in [9.17, 15) is 0 Å². The highest BCUT2D eigenvalue weighted by molar-refractivity contribution is 5.97. The van der Waals surface area contributed by atoms with E-state index in [1.807, 2.05) is 6.07 Å². The molecule has 3 nitrogen and oxygen atoms in total. The largest absolute Gasteiger partial charge is 0.344 e. The van der Waals surface area contributed by atoms with E-state index in [-0.39, 0.29) is 0 Å². The summed E-state index contributed by atoms with van der Waals surface area (Å²) in [6.45, 7) is 6.29. The summed E-state index contributed by atoms with van der Waals surface area (Å²) in [6.07, 6.45) is 0. The van der Waals surface area contributed by atoms with Gasteiger partial charge in [0.05, 0.1) is 0 Å². The van der Waals surface area contributed by atoms with Gasteiger partial charge in [-0.3, -0.25) is 0 Å². The molecule has 16 heavy (non-hydrogen) atoms. The Kier molecular flexibility index (Phi) is 3.13. The quantitative estimate of drug-likeness (QED) is 0.756. The van der Waals surface area contributed by atoms with Crippen molar-refractivity contribution in [3.8, 4) is 0 Å². The molecule has 0 aromatic heterocycles. The van der Waals surface area contributed by atoms with Gasteiger partial charge in [-0.1, -0.05) is 18.2 Å². The van der Waals surface area contributed by atoms with Crippen LogP contribution in [-0.2, 0) is 0 Å². The fourth-order valence-electron chi connectivity index (χ4n) is 1.91. The Bertz CT molecular complexity index is 370. The number of guanidine groups is 1. The third-order valence-corrected chi connectivity index (χ3v) is 2.68. The third-order valence-electron chi connectivity index (χ3n) is 2.68. The Morgan fingerprint density at radius 3 is 2.44 bits per heavy atom. The highest BCUT2D eigenvalue weighted by Gasteiger charge is 2.24. The van der Waals surface area contributed by atoms with Crippen molar-refractivity contribution in [2.45, 2.75) is 19.9 Å². The lowest BCUT2D eigenvalue weighted by molar-refractivity contribution is 0.557. The highest BCUT2D eigenvalue weighted by Crippen LogP contribution is 2.19. The van der Waals surface area contributed by atoms with E-state index >= 15 is 0 Å². The number of benzene rings is 1. The first kappa shape index (κ1) is 11.0. The summed E-state index contributed by atoms with van der Waals surface area (Å²) in [5, 5.41) is 0. The number of rotatable bonds is 2. The zero-order valence-electron chi connectivity index (χ0n) is 10.2. The number of para-hydroxylation sites is 1. The first-order valence-corrected chi connectivity index (χ1v) is 5.80. The molecule has 0 spiro atoms. The molecule has 0 bridgehead atoms. The minimum Gasteiger partial charge on any atom is -0.344 e. The van der Waals surface area contributed by atoms with E-state index in [1.165, 1.54) is 5.69 Å². The van der Waals surface area contributed by atoms with Crippen molar-refractivity contribution >= 4 is 11.6 Å². The molecule has 1 aromatic carbocycles. The van der Waals surface area contributed by atoms with E-state index in [2.05, 4.69) is 60.0 Å². The van der Waals surface area contributed by atoms with Crippen molar-refractivity contribution in [1.82, 2.24) is 4.90 Å². The SMILES string of the molecule is CC(C)/N=C1\N(C)CCN1c1ccccc1. The first-order chi connectivity index (χ1) is 7.68. The van der Waals surface area contributed by atoms with Crippen molar-refractivity contribution in [2.24, 2.45) is 4.99 Å². The smallest absolute Gasteiger partial charge is 0.201 e. The van der Waals surface area contributed by atoms with Crippen molar-refractivity contribution in [3.63, 3.8) is 0 Å². The molecular weight excluding hydrogens is 198 g/mol. The number of hydrogen-bond donors (Lipinski definition) is 0. The maximum absolute atomic E-state index is 4.68. The molecule has 0 saturated carbocycles. The maximum atomic E-state index is 4.68. The molecule has 0 N–H and O–H groups in total. The van der Waals surface area contributed by atoms with Gasteiger partial charge in [0, 0.05) is 31.9 Å². The molecular formula is C13H19N3. The van der Waals surface area contributed by atoms with Crippen LogP contribution in [0, 0.1) is 0 Å². The number of nitrogens with zero attached hydrogens (tertiary/aromatic N) is 3. The predicted octanol–water partition coefficient (Wildman–Crippen LogP) is 2.20. The maximum Gasteiger partial charge on any atom is 0.201 e. The minimum absolute atomic E-state index is 0.335. The molecule has 1 aromatic rings. The van der Waals surface area contributed by atoms with Gasteiger partial charge in [0.1, 0.15) is 0 Å². The van der Waals surface area contributed by atoms with Gasteiger partial charge in [-0.15, -0.1) is 0 Å². The zero-order valence-corrected chi connectivity index (χ0v) is 10.2. The topological polar surface area (TPSA) is 18.8 Å². The molecule has 0 radical (unpaired) electrons. The molecule has 3 heteroatoms. The second-order valence-electron chi connectivity index (χ2n) is 4.43. The minimum atomic E-state index is 0.335. The number of hydrogen-bond acceptors (Lipinski definition) is 1. The molecule has 1 aliphatic rings. The van der Waals surface area contributed by atoms with Gasteiger partial charge < -0.3 is 9.80 Å². The van der Waals surface area contributed by atoms with Gasteiger partial charge in [-0.05, 0) is 26.0 Å². The molecule has 0 atom stereocenters. The molecule has 1 heterocycles. The summed E-state index contributed by atoms with van der Waals surface area (Å²) in [4.78, 5) is 9.18. The molecule has 1 aliphatic heterocycles. The predicted molar refractivity (Wildman–Crippen MR) is 69.0 cm³/mol. The fraction of sp³-hybridized carbons (Fsp3) is 0.462. The van der Waals surface area contributed by atoms with Gasteiger partial charge in [-0.2, -0.15) is 0 Å². The molecule has 1 fully saturated rings. The Balaban J connectivity index is 2.28. The van der Waals surface area contributed by atoms with Crippen LogP contribution in [0.2, 0.25) is 0 Å². The molecule has 0 amide bonds. The van der Waals surface area contributed by atoms with Crippen molar-refractivity contribution in [3.05, 3.63) is 30.3 Å². The average molecular weight is 217 g/mol. The Morgan fingerprint density at radius 2 is 1.81 bits per heavy atom. The van der Waals surface area contributed by atoms with E-state index in [0.29, 0.717) is 6.04 Å². The van der Waals surface area contributed by atoms with Crippen LogP contribution in [0.25, 0.3) is 0 Å². The Labute approximate surface area is 97.4 Å². The van der Waals surface area contributed by atoms with Gasteiger partial charge >= 0.3 is 0 Å². The summed E-state index contributed by atoms with van der Waals surface area (Å²) < 4.78 is 0. The van der Waals surface area contributed by atoms with Gasteiger partial charge in [-0.25, -0.2) is 4.99 Å². The lowest BCUT2D eigenvalue weighted by atomic mass is 10.3. The van der Waals surface area contributed by atoms with Crippen LogP contribution in [0.15, 0.2) is 35.3 Å². The number of anilines is 1. The molecule has 0 aliphatic carbocycles. The average Bonchev–Trinajstić information content (AvgIpc) is 2.61. The van der Waals surface area contributed by atoms with Gasteiger partial charge in [0.25, 0.3) is 0 Å². The summed E-state index contributed by atoms with van der Waals surface area (Å²) in [7, 11) is 2.10. The van der Waals surface area contributed by atoms with Crippen molar-refractivity contribution in [1.29, 1.82) is 0 Å². The molecule has 1 saturated heterocycles. The normalized spacial score (nSPS) is 18.9. The van der Waals surface area contributed by atoms with Crippen LogP contribution >= 0.6 is 0 Å². The number of aliphatic imine (C=N–C) groups is 1. The summed E-state index contributed by atoms with van der Waals surface area (Å²) >= 11 is 0. The fourth-order valence-corrected chi connectivity index (χ4v) is 1.91. The number of likely N-dealkylation sites (N-methyl/N-ethyl adjacent to an activating group) is 1. The van der Waals surface area contributed by atoms with E-state index < -0.39 is 0 Å². The lowest BCUT2D eigenvalue weighted by Crippen LogP contribution is -2.32. The summed E-state index contributed by atoms with van der Waals surface area (Å²) in [5.41, 5.74) is 1.23. The van der Waals surface area contributed by atoms with Crippen LogP contribution in [-0.4, -0.2) is 37.0 Å². The zero-order chi connectivity index (χ0) is 11.5. The molecule has 2 rings (SSSR count). The van der Waals surface area contributed by atoms with E-state index in [1.54, 1.807) is 0 Å².